The van der Waals surface area contributed by atoms with Crippen molar-refractivity contribution in [3.8, 4) is 0 Å². The lowest BCUT2D eigenvalue weighted by Gasteiger charge is -2.07. The highest BCUT2D eigenvalue weighted by Crippen LogP contribution is 2.30. The summed E-state index contributed by atoms with van der Waals surface area (Å²) < 4.78 is 0. The quantitative estimate of drug-likeness (QED) is 0.615. The predicted octanol–water partition coefficient (Wildman–Crippen LogP) is 4.25. The second-order valence-corrected chi connectivity index (χ2v) is 5.25. The molecular weight excluding hydrogens is 261 g/mol. The van der Waals surface area contributed by atoms with Gasteiger partial charge in [-0.25, -0.2) is 0 Å². The highest BCUT2D eigenvalue weighted by molar-refractivity contribution is 7.99. The summed E-state index contributed by atoms with van der Waals surface area (Å²) in [4.78, 5) is 1.01. The molecule has 88 valence electrons. The zero-order valence-electron chi connectivity index (χ0n) is 9.22. The van der Waals surface area contributed by atoms with Crippen molar-refractivity contribution in [2.45, 2.75) is 11.8 Å². The number of hydrogen-bond acceptors (Lipinski definition) is 2. The maximum Gasteiger partial charge on any atom is 0.0543 e. The highest BCUT2D eigenvalue weighted by Gasteiger charge is 2.03. The van der Waals surface area contributed by atoms with E-state index in [0.717, 1.165) is 34.3 Å². The number of thioether (sulfide) groups is 1. The standard InChI is InChI=1S/C12H15Cl2NS/c1-3-15-7-9(2)8-16-12-6-10(13)4-5-11(12)14/h4-6,15H,2-3,7-8H2,1H3. The van der Waals surface area contributed by atoms with Crippen LogP contribution in [0, 0.1) is 0 Å². The Morgan fingerprint density at radius 2 is 2.19 bits per heavy atom. The zero-order chi connectivity index (χ0) is 12.0. The van der Waals surface area contributed by atoms with Gasteiger partial charge in [-0.1, -0.05) is 42.3 Å². The first-order valence-electron chi connectivity index (χ1n) is 5.08. The minimum atomic E-state index is 0.712. The van der Waals surface area contributed by atoms with Crippen molar-refractivity contribution in [1.82, 2.24) is 5.32 Å². The number of halogens is 2. The fraction of sp³-hybridized carbons (Fsp3) is 0.333. The molecule has 0 amide bonds. The lowest BCUT2D eigenvalue weighted by molar-refractivity contribution is 0.779. The smallest absolute Gasteiger partial charge is 0.0543 e. The van der Waals surface area contributed by atoms with Gasteiger partial charge in [-0.3, -0.25) is 0 Å². The fourth-order valence-electron chi connectivity index (χ4n) is 1.12. The summed E-state index contributed by atoms with van der Waals surface area (Å²) in [5, 5.41) is 4.69. The van der Waals surface area contributed by atoms with Crippen molar-refractivity contribution >= 4 is 35.0 Å². The molecule has 0 heterocycles. The lowest BCUT2D eigenvalue weighted by atomic mass is 10.3. The van der Waals surface area contributed by atoms with Crippen molar-refractivity contribution in [1.29, 1.82) is 0 Å². The van der Waals surface area contributed by atoms with Gasteiger partial charge in [0.05, 0.1) is 5.02 Å². The van der Waals surface area contributed by atoms with Crippen LogP contribution in [0.4, 0.5) is 0 Å². The van der Waals surface area contributed by atoms with Gasteiger partial charge in [0.25, 0.3) is 0 Å². The van der Waals surface area contributed by atoms with E-state index in [9.17, 15) is 0 Å². The summed E-state index contributed by atoms with van der Waals surface area (Å²) in [7, 11) is 0. The third-order valence-corrected chi connectivity index (χ3v) is 3.83. The summed E-state index contributed by atoms with van der Waals surface area (Å²) in [6.45, 7) is 7.89. The lowest BCUT2D eigenvalue weighted by Crippen LogP contribution is -2.16. The van der Waals surface area contributed by atoms with E-state index in [1.807, 2.05) is 12.1 Å². The monoisotopic (exact) mass is 275 g/mol. The van der Waals surface area contributed by atoms with E-state index in [1.165, 1.54) is 0 Å². The number of benzene rings is 1. The van der Waals surface area contributed by atoms with Crippen LogP contribution in [0.2, 0.25) is 10.0 Å². The molecule has 0 aliphatic heterocycles. The molecule has 4 heteroatoms. The van der Waals surface area contributed by atoms with Crippen LogP contribution in [0.3, 0.4) is 0 Å². The summed E-state index contributed by atoms with van der Waals surface area (Å²) in [5.41, 5.74) is 1.16. The second-order valence-electron chi connectivity index (χ2n) is 3.39. The van der Waals surface area contributed by atoms with E-state index >= 15 is 0 Å². The molecule has 0 aliphatic carbocycles. The molecule has 0 saturated heterocycles. The van der Waals surface area contributed by atoms with Crippen LogP contribution >= 0.6 is 35.0 Å². The van der Waals surface area contributed by atoms with E-state index < -0.39 is 0 Å². The number of likely N-dealkylation sites (N-methyl/N-ethyl adjacent to an activating group) is 1. The molecule has 0 atom stereocenters. The van der Waals surface area contributed by atoms with Gasteiger partial charge < -0.3 is 5.32 Å². The molecule has 0 spiro atoms. The SMILES string of the molecule is C=C(CNCC)CSc1cc(Cl)ccc1Cl. The van der Waals surface area contributed by atoms with Crippen LogP contribution in [0.25, 0.3) is 0 Å². The first kappa shape index (κ1) is 13.9. The number of hydrogen-bond donors (Lipinski definition) is 1. The molecule has 16 heavy (non-hydrogen) atoms. The molecular formula is C12H15Cl2NS. The summed E-state index contributed by atoms with van der Waals surface area (Å²) >= 11 is 13.6. The van der Waals surface area contributed by atoms with Gasteiger partial charge in [-0.2, -0.15) is 0 Å². The van der Waals surface area contributed by atoms with Gasteiger partial charge in [0.2, 0.25) is 0 Å². The minimum Gasteiger partial charge on any atom is -0.313 e. The molecule has 1 nitrogen and oxygen atoms in total. The van der Waals surface area contributed by atoms with Gasteiger partial charge in [0.1, 0.15) is 0 Å². The van der Waals surface area contributed by atoms with E-state index in [2.05, 4.69) is 18.8 Å². The van der Waals surface area contributed by atoms with Crippen molar-refractivity contribution in [2.24, 2.45) is 0 Å². The van der Waals surface area contributed by atoms with Crippen LogP contribution in [-0.2, 0) is 0 Å². The Morgan fingerprint density at radius 3 is 2.88 bits per heavy atom. The molecule has 0 bridgehead atoms. The Labute approximate surface area is 111 Å². The van der Waals surface area contributed by atoms with Crippen LogP contribution in [-0.4, -0.2) is 18.8 Å². The van der Waals surface area contributed by atoms with Gasteiger partial charge in [-0.05, 0) is 24.7 Å². The number of rotatable bonds is 6. The minimum absolute atomic E-state index is 0.712. The highest BCUT2D eigenvalue weighted by atomic mass is 35.5. The third kappa shape index (κ3) is 4.79. The zero-order valence-corrected chi connectivity index (χ0v) is 11.6. The fourth-order valence-corrected chi connectivity index (χ4v) is 2.52. The molecule has 1 N–H and O–H groups in total. The Morgan fingerprint density at radius 1 is 1.44 bits per heavy atom. The van der Waals surface area contributed by atoms with Gasteiger partial charge in [0.15, 0.2) is 0 Å². The molecule has 1 aromatic carbocycles. The average molecular weight is 276 g/mol. The Hall–Kier alpha value is -0.150. The summed E-state index contributed by atoms with van der Waals surface area (Å²) in [6.07, 6.45) is 0. The van der Waals surface area contributed by atoms with Crippen molar-refractivity contribution in [3.05, 3.63) is 40.4 Å². The maximum absolute atomic E-state index is 6.06. The largest absolute Gasteiger partial charge is 0.313 e. The molecule has 1 rings (SSSR count). The van der Waals surface area contributed by atoms with Crippen LogP contribution in [0.15, 0.2) is 35.2 Å². The number of nitrogens with one attached hydrogen (secondary N) is 1. The molecule has 0 aromatic heterocycles. The van der Waals surface area contributed by atoms with E-state index in [1.54, 1.807) is 17.8 Å². The van der Waals surface area contributed by atoms with Crippen LogP contribution < -0.4 is 5.32 Å². The van der Waals surface area contributed by atoms with Crippen LogP contribution in [0.5, 0.6) is 0 Å². The second kappa shape index (κ2) is 7.23. The Kier molecular flexibility index (Phi) is 6.29. The molecule has 0 aliphatic rings. The summed E-state index contributed by atoms with van der Waals surface area (Å²) in [5.74, 6) is 0.854. The van der Waals surface area contributed by atoms with Gasteiger partial charge >= 0.3 is 0 Å². The van der Waals surface area contributed by atoms with E-state index in [4.69, 9.17) is 23.2 Å². The van der Waals surface area contributed by atoms with E-state index in [-0.39, 0.29) is 0 Å². The molecule has 0 unspecified atom stereocenters. The Bertz CT molecular complexity index is 366. The van der Waals surface area contributed by atoms with Crippen molar-refractivity contribution < 1.29 is 0 Å². The predicted molar refractivity (Wildman–Crippen MR) is 74.9 cm³/mol. The molecule has 0 saturated carbocycles. The molecule has 0 fully saturated rings. The van der Waals surface area contributed by atoms with Crippen molar-refractivity contribution in [2.75, 3.05) is 18.8 Å². The van der Waals surface area contributed by atoms with Gasteiger partial charge in [0, 0.05) is 22.2 Å². The average Bonchev–Trinajstić information content (AvgIpc) is 2.27. The Balaban J connectivity index is 2.47. The third-order valence-electron chi connectivity index (χ3n) is 1.95. The first-order valence-corrected chi connectivity index (χ1v) is 6.83. The maximum atomic E-state index is 6.06. The van der Waals surface area contributed by atoms with Gasteiger partial charge in [-0.15, -0.1) is 11.8 Å². The molecule has 0 radical (unpaired) electrons. The van der Waals surface area contributed by atoms with Crippen molar-refractivity contribution in [3.63, 3.8) is 0 Å². The van der Waals surface area contributed by atoms with Crippen LogP contribution in [0.1, 0.15) is 6.92 Å². The topological polar surface area (TPSA) is 12.0 Å². The first-order chi connectivity index (χ1) is 7.63. The van der Waals surface area contributed by atoms with E-state index in [0.29, 0.717) is 5.02 Å². The normalized spacial score (nSPS) is 10.4. The summed E-state index contributed by atoms with van der Waals surface area (Å²) in [6, 6.07) is 5.50. The molecule has 1 aromatic rings.